The summed E-state index contributed by atoms with van der Waals surface area (Å²) in [6.07, 6.45) is 6.62. The summed E-state index contributed by atoms with van der Waals surface area (Å²) < 4.78 is 0. The van der Waals surface area contributed by atoms with Crippen LogP contribution in [0.1, 0.15) is 12.8 Å². The summed E-state index contributed by atoms with van der Waals surface area (Å²) in [5, 5.41) is 0. The van der Waals surface area contributed by atoms with Gasteiger partial charge in [-0.05, 0) is 36.6 Å². The number of aromatic amines is 2. The highest BCUT2D eigenvalue weighted by molar-refractivity contribution is 5.88. The smallest absolute Gasteiger partial charge is 0.271 e. The minimum absolute atomic E-state index is 0.0804. The van der Waals surface area contributed by atoms with Crippen molar-refractivity contribution in [2.45, 2.75) is 24.9 Å². The maximum atomic E-state index is 12.5. The number of aromatic nitrogens is 2. The number of nitrogens with one attached hydrogen (secondary N) is 2. The Labute approximate surface area is 150 Å². The molecule has 0 spiro atoms. The molecule has 1 amide bonds. The van der Waals surface area contributed by atoms with Gasteiger partial charge in [-0.2, -0.15) is 0 Å². The van der Waals surface area contributed by atoms with E-state index in [0.717, 1.165) is 24.0 Å². The van der Waals surface area contributed by atoms with Crippen LogP contribution >= 0.6 is 0 Å². The number of anilines is 1. The highest BCUT2D eigenvalue weighted by Gasteiger charge is 2.41. The van der Waals surface area contributed by atoms with Crippen LogP contribution in [0.3, 0.4) is 0 Å². The molecule has 0 unspecified atom stereocenters. The Morgan fingerprint density at radius 1 is 1.15 bits per heavy atom. The standard InChI is InChI=1S/C19H20N4O3/c1-2-18(25)22-10-15(11-22)23(14-3-4-14)16-7-13(9-21-19(16)26)12-5-6-20-17(24)8-12/h2,5-9,14-15H,1,3-4,10-11H2,(H,20,24)(H,21,26). The molecule has 2 aliphatic rings. The van der Waals surface area contributed by atoms with Crippen molar-refractivity contribution in [1.29, 1.82) is 0 Å². The molecule has 2 N–H and O–H groups in total. The zero-order valence-electron chi connectivity index (χ0n) is 14.3. The molecule has 3 heterocycles. The first kappa shape index (κ1) is 16.4. The predicted octanol–water partition coefficient (Wildman–Crippen LogP) is 1.10. The molecule has 4 rings (SSSR count). The topological polar surface area (TPSA) is 89.3 Å². The largest absolute Gasteiger partial charge is 0.358 e. The molecule has 1 saturated carbocycles. The van der Waals surface area contributed by atoms with E-state index in [1.165, 1.54) is 12.1 Å². The first-order valence-electron chi connectivity index (χ1n) is 8.68. The minimum atomic E-state index is -0.188. The van der Waals surface area contributed by atoms with Gasteiger partial charge in [-0.1, -0.05) is 6.58 Å². The van der Waals surface area contributed by atoms with E-state index in [4.69, 9.17) is 0 Å². The molecule has 0 aromatic carbocycles. The lowest BCUT2D eigenvalue weighted by molar-refractivity contribution is -0.130. The summed E-state index contributed by atoms with van der Waals surface area (Å²) in [7, 11) is 0. The highest BCUT2D eigenvalue weighted by Crippen LogP contribution is 2.35. The highest BCUT2D eigenvalue weighted by atomic mass is 16.2. The van der Waals surface area contributed by atoms with Crippen molar-refractivity contribution < 1.29 is 4.79 Å². The molecule has 7 heteroatoms. The molecular weight excluding hydrogens is 332 g/mol. The zero-order chi connectivity index (χ0) is 18.3. The van der Waals surface area contributed by atoms with E-state index < -0.39 is 0 Å². The van der Waals surface area contributed by atoms with Gasteiger partial charge in [0.25, 0.3) is 5.56 Å². The minimum Gasteiger partial charge on any atom is -0.358 e. The fourth-order valence-electron chi connectivity index (χ4n) is 3.44. The maximum absolute atomic E-state index is 12.5. The monoisotopic (exact) mass is 352 g/mol. The van der Waals surface area contributed by atoms with Gasteiger partial charge in [-0.15, -0.1) is 0 Å². The average Bonchev–Trinajstić information content (AvgIpc) is 3.43. The van der Waals surface area contributed by atoms with E-state index in [1.807, 2.05) is 6.07 Å². The van der Waals surface area contributed by atoms with Crippen LogP contribution in [0.15, 0.2) is 52.8 Å². The molecule has 0 atom stereocenters. The predicted molar refractivity (Wildman–Crippen MR) is 99.2 cm³/mol. The van der Waals surface area contributed by atoms with Crippen LogP contribution in [0.5, 0.6) is 0 Å². The van der Waals surface area contributed by atoms with Gasteiger partial charge in [0.2, 0.25) is 11.5 Å². The number of nitrogens with zero attached hydrogens (tertiary/aromatic N) is 2. The number of hydrogen-bond donors (Lipinski definition) is 2. The molecule has 2 aromatic heterocycles. The lowest BCUT2D eigenvalue weighted by Crippen LogP contribution is -2.62. The third kappa shape index (κ3) is 2.96. The number of pyridine rings is 2. The van der Waals surface area contributed by atoms with E-state index in [9.17, 15) is 14.4 Å². The quantitative estimate of drug-likeness (QED) is 0.789. The molecule has 26 heavy (non-hydrogen) atoms. The number of hydrogen-bond acceptors (Lipinski definition) is 4. The number of amides is 1. The second kappa shape index (κ2) is 6.33. The Morgan fingerprint density at radius 3 is 2.58 bits per heavy atom. The Kier molecular flexibility index (Phi) is 3.99. The number of carbonyl (C=O) groups is 1. The maximum Gasteiger partial charge on any atom is 0.271 e. The molecule has 1 saturated heterocycles. The molecule has 1 aliphatic heterocycles. The average molecular weight is 352 g/mol. The first-order chi connectivity index (χ1) is 12.6. The van der Waals surface area contributed by atoms with Crippen LogP contribution in [-0.4, -0.2) is 45.9 Å². The van der Waals surface area contributed by atoms with Gasteiger partial charge in [-0.3, -0.25) is 14.4 Å². The summed E-state index contributed by atoms with van der Waals surface area (Å²) in [6, 6.07) is 5.60. The van der Waals surface area contributed by atoms with Crippen LogP contribution in [0.2, 0.25) is 0 Å². The fourth-order valence-corrected chi connectivity index (χ4v) is 3.44. The Balaban J connectivity index is 1.66. The second-order valence-electron chi connectivity index (χ2n) is 6.78. The van der Waals surface area contributed by atoms with Crippen LogP contribution in [0.4, 0.5) is 5.69 Å². The SMILES string of the molecule is C=CC(=O)N1CC(N(c2cc(-c3cc[nH]c(=O)c3)c[nH]c2=O)C2CC2)C1. The normalized spacial score (nSPS) is 16.8. The van der Waals surface area contributed by atoms with Crippen LogP contribution in [0, 0.1) is 0 Å². The Bertz CT molecular complexity index is 967. The second-order valence-corrected chi connectivity index (χ2v) is 6.78. The number of rotatable bonds is 5. The van der Waals surface area contributed by atoms with Crippen molar-refractivity contribution in [3.05, 3.63) is 64.0 Å². The number of likely N-dealkylation sites (tertiary alicyclic amines) is 1. The van der Waals surface area contributed by atoms with Crippen molar-refractivity contribution in [3.63, 3.8) is 0 Å². The summed E-state index contributed by atoms with van der Waals surface area (Å²) >= 11 is 0. The molecule has 1 aliphatic carbocycles. The summed E-state index contributed by atoms with van der Waals surface area (Å²) in [6.45, 7) is 4.70. The summed E-state index contributed by atoms with van der Waals surface area (Å²) in [4.78, 5) is 45.0. The van der Waals surface area contributed by atoms with Crippen molar-refractivity contribution >= 4 is 11.6 Å². The van der Waals surface area contributed by atoms with Crippen molar-refractivity contribution in [3.8, 4) is 11.1 Å². The lowest BCUT2D eigenvalue weighted by Gasteiger charge is -2.46. The van der Waals surface area contributed by atoms with E-state index >= 15 is 0 Å². The number of H-pyrrole nitrogens is 2. The third-order valence-corrected chi connectivity index (χ3v) is 4.95. The van der Waals surface area contributed by atoms with Gasteiger partial charge in [0, 0.05) is 43.2 Å². The fraction of sp³-hybridized carbons (Fsp3) is 0.316. The number of carbonyl (C=O) groups excluding carboxylic acids is 1. The van der Waals surface area contributed by atoms with E-state index in [1.54, 1.807) is 23.4 Å². The Morgan fingerprint density at radius 2 is 1.92 bits per heavy atom. The molecule has 2 fully saturated rings. The summed E-state index contributed by atoms with van der Waals surface area (Å²) in [5.41, 5.74) is 1.79. The third-order valence-electron chi connectivity index (χ3n) is 4.95. The summed E-state index contributed by atoms with van der Waals surface area (Å²) in [5.74, 6) is -0.0804. The van der Waals surface area contributed by atoms with Gasteiger partial charge in [0.05, 0.1) is 6.04 Å². The van der Waals surface area contributed by atoms with Crippen LogP contribution in [0.25, 0.3) is 11.1 Å². The van der Waals surface area contributed by atoms with Gasteiger partial charge in [-0.25, -0.2) is 0 Å². The van der Waals surface area contributed by atoms with Crippen molar-refractivity contribution in [2.24, 2.45) is 0 Å². The van der Waals surface area contributed by atoms with E-state index in [-0.39, 0.29) is 23.1 Å². The van der Waals surface area contributed by atoms with Crippen molar-refractivity contribution in [1.82, 2.24) is 14.9 Å². The van der Waals surface area contributed by atoms with Gasteiger partial charge < -0.3 is 19.8 Å². The first-order valence-corrected chi connectivity index (χ1v) is 8.68. The molecule has 0 radical (unpaired) electrons. The molecule has 0 bridgehead atoms. The molecule has 7 nitrogen and oxygen atoms in total. The van der Waals surface area contributed by atoms with Crippen molar-refractivity contribution in [2.75, 3.05) is 18.0 Å². The van der Waals surface area contributed by atoms with E-state index in [2.05, 4.69) is 21.4 Å². The molecule has 134 valence electrons. The lowest BCUT2D eigenvalue weighted by atomic mass is 10.0. The van der Waals surface area contributed by atoms with Crippen LogP contribution < -0.4 is 16.0 Å². The van der Waals surface area contributed by atoms with E-state index in [0.29, 0.717) is 24.8 Å². The van der Waals surface area contributed by atoms with Gasteiger partial charge >= 0.3 is 0 Å². The Hall–Kier alpha value is -3.09. The molecular formula is C19H20N4O3. The molecule has 2 aromatic rings. The van der Waals surface area contributed by atoms with Gasteiger partial charge in [0.15, 0.2) is 0 Å². The van der Waals surface area contributed by atoms with Crippen LogP contribution in [-0.2, 0) is 4.79 Å². The van der Waals surface area contributed by atoms with Gasteiger partial charge in [0.1, 0.15) is 5.69 Å². The zero-order valence-corrected chi connectivity index (χ0v) is 14.3.